The Hall–Kier alpha value is -1.81. The maximum atomic E-state index is 12.7. The second kappa shape index (κ2) is 4.38. The number of para-hydroxylation sites is 1. The molecule has 2 fully saturated rings. The number of hydrogen-bond donors (Lipinski definition) is 2. The second-order valence-electron chi connectivity index (χ2n) is 7.64. The van der Waals surface area contributed by atoms with Crippen molar-refractivity contribution in [1.82, 2.24) is 9.88 Å². The third kappa shape index (κ3) is 1.48. The lowest BCUT2D eigenvalue weighted by atomic mass is 9.77. The van der Waals surface area contributed by atoms with Gasteiger partial charge in [-0.15, -0.1) is 0 Å². The van der Waals surface area contributed by atoms with Crippen molar-refractivity contribution in [2.75, 3.05) is 13.1 Å². The zero-order chi connectivity index (χ0) is 15.8. The summed E-state index contributed by atoms with van der Waals surface area (Å²) in [5, 5.41) is 1.33. The molecule has 3 heterocycles. The number of rotatable bonds is 1. The summed E-state index contributed by atoms with van der Waals surface area (Å²) in [5.74, 6) is 1.70. The van der Waals surface area contributed by atoms with Gasteiger partial charge in [0.1, 0.15) is 0 Å². The molecular weight excluding hydrogens is 286 g/mol. The largest absolute Gasteiger partial charge is 0.356 e. The van der Waals surface area contributed by atoms with Gasteiger partial charge in [0.2, 0.25) is 5.91 Å². The molecule has 0 bridgehead atoms. The van der Waals surface area contributed by atoms with Crippen LogP contribution in [0.4, 0.5) is 0 Å². The van der Waals surface area contributed by atoms with E-state index in [4.69, 9.17) is 5.73 Å². The summed E-state index contributed by atoms with van der Waals surface area (Å²) in [6.45, 7) is 3.85. The predicted molar refractivity (Wildman–Crippen MR) is 89.8 cm³/mol. The molecule has 4 atom stereocenters. The van der Waals surface area contributed by atoms with E-state index < -0.39 is 0 Å². The Balaban J connectivity index is 1.78. The molecule has 1 spiro atoms. The SMILES string of the molecule is C[C@H]1CC23c4[nH]c5ccccc5c4CCN2C(=O)C[C@H]3[C@@H]1CN. The number of amides is 1. The number of aromatic nitrogens is 1. The number of hydrogen-bond acceptors (Lipinski definition) is 2. The summed E-state index contributed by atoms with van der Waals surface area (Å²) in [5.41, 5.74) is 9.91. The van der Waals surface area contributed by atoms with Gasteiger partial charge >= 0.3 is 0 Å². The molecule has 4 heteroatoms. The summed E-state index contributed by atoms with van der Waals surface area (Å²) >= 11 is 0. The molecule has 5 rings (SSSR count). The number of nitrogens with zero attached hydrogens (tertiary/aromatic N) is 1. The fourth-order valence-corrected chi connectivity index (χ4v) is 5.89. The van der Waals surface area contributed by atoms with E-state index >= 15 is 0 Å². The van der Waals surface area contributed by atoms with Crippen LogP contribution < -0.4 is 5.73 Å². The van der Waals surface area contributed by atoms with Crippen LogP contribution in [0.5, 0.6) is 0 Å². The Morgan fingerprint density at radius 1 is 1.39 bits per heavy atom. The van der Waals surface area contributed by atoms with Crippen LogP contribution in [0.25, 0.3) is 10.9 Å². The fraction of sp³-hybridized carbons (Fsp3) is 0.526. The minimum Gasteiger partial charge on any atom is -0.356 e. The van der Waals surface area contributed by atoms with Crippen molar-refractivity contribution in [3.8, 4) is 0 Å². The first-order valence-electron chi connectivity index (χ1n) is 8.77. The van der Waals surface area contributed by atoms with Gasteiger partial charge in [0.05, 0.1) is 5.54 Å². The first-order chi connectivity index (χ1) is 11.2. The maximum absolute atomic E-state index is 12.7. The van der Waals surface area contributed by atoms with Crippen molar-refractivity contribution in [2.45, 2.75) is 31.7 Å². The highest BCUT2D eigenvalue weighted by Crippen LogP contribution is 2.60. The van der Waals surface area contributed by atoms with Crippen LogP contribution in [0, 0.1) is 17.8 Å². The number of H-pyrrole nitrogens is 1. The van der Waals surface area contributed by atoms with Crippen molar-refractivity contribution < 1.29 is 4.79 Å². The molecule has 23 heavy (non-hydrogen) atoms. The van der Waals surface area contributed by atoms with Gasteiger partial charge in [0, 0.05) is 35.5 Å². The van der Waals surface area contributed by atoms with Crippen molar-refractivity contribution in [3.05, 3.63) is 35.5 Å². The molecule has 1 aliphatic carbocycles. The number of nitrogens with one attached hydrogen (secondary N) is 1. The molecule has 0 radical (unpaired) electrons. The lowest BCUT2D eigenvalue weighted by molar-refractivity contribution is -0.132. The highest BCUT2D eigenvalue weighted by atomic mass is 16.2. The number of aromatic amines is 1. The fourth-order valence-electron chi connectivity index (χ4n) is 5.89. The van der Waals surface area contributed by atoms with Gasteiger partial charge in [-0.05, 0) is 42.9 Å². The van der Waals surface area contributed by atoms with Crippen LogP contribution >= 0.6 is 0 Å². The Labute approximate surface area is 136 Å². The van der Waals surface area contributed by atoms with E-state index in [0.717, 1.165) is 19.4 Å². The molecular formula is C19H23N3O. The van der Waals surface area contributed by atoms with Crippen molar-refractivity contribution in [2.24, 2.45) is 23.5 Å². The second-order valence-corrected chi connectivity index (χ2v) is 7.64. The minimum absolute atomic E-state index is 0.132. The predicted octanol–water partition coefficient (Wildman–Crippen LogP) is 2.38. The quantitative estimate of drug-likeness (QED) is 0.849. The summed E-state index contributed by atoms with van der Waals surface area (Å²) in [7, 11) is 0. The molecule has 1 aromatic heterocycles. The van der Waals surface area contributed by atoms with Crippen molar-refractivity contribution >= 4 is 16.8 Å². The molecule has 3 aliphatic rings. The Morgan fingerprint density at radius 2 is 2.22 bits per heavy atom. The van der Waals surface area contributed by atoms with Crippen molar-refractivity contribution in [3.63, 3.8) is 0 Å². The summed E-state index contributed by atoms with van der Waals surface area (Å²) in [4.78, 5) is 18.6. The third-order valence-corrected chi connectivity index (χ3v) is 6.78. The lowest BCUT2D eigenvalue weighted by Gasteiger charge is -2.43. The average Bonchev–Trinajstić information content (AvgIpc) is 3.13. The molecule has 4 nitrogen and oxygen atoms in total. The van der Waals surface area contributed by atoms with Gasteiger partial charge in [0.25, 0.3) is 0 Å². The number of fused-ring (bicyclic) bond motifs is 3. The molecule has 1 saturated carbocycles. The monoisotopic (exact) mass is 309 g/mol. The zero-order valence-electron chi connectivity index (χ0n) is 13.5. The molecule has 2 aromatic rings. The molecule has 1 amide bonds. The van der Waals surface area contributed by atoms with Gasteiger partial charge in [-0.25, -0.2) is 0 Å². The molecule has 1 saturated heterocycles. The first kappa shape index (κ1) is 13.6. The van der Waals surface area contributed by atoms with Gasteiger partial charge in [-0.2, -0.15) is 0 Å². The van der Waals surface area contributed by atoms with E-state index in [1.807, 2.05) is 0 Å². The smallest absolute Gasteiger partial charge is 0.223 e. The van der Waals surface area contributed by atoms with Crippen LogP contribution in [0.15, 0.2) is 24.3 Å². The standard InChI is InChI=1S/C19H23N3O/c1-11-9-19-15(14(11)10-20)8-17(23)22(19)7-6-13-12-4-2-3-5-16(12)21-18(13)19/h2-5,11,14-15,21H,6-10,20H2,1H3/t11-,14+,15-,19?/m0/s1. The third-order valence-electron chi connectivity index (χ3n) is 6.78. The van der Waals surface area contributed by atoms with E-state index in [-0.39, 0.29) is 5.54 Å². The van der Waals surface area contributed by atoms with E-state index in [1.54, 1.807) is 0 Å². The molecule has 1 aromatic carbocycles. The van der Waals surface area contributed by atoms with Gasteiger partial charge in [0.15, 0.2) is 0 Å². The molecule has 120 valence electrons. The van der Waals surface area contributed by atoms with E-state index in [2.05, 4.69) is 41.1 Å². The Bertz CT molecular complexity index is 810. The highest BCUT2D eigenvalue weighted by Gasteiger charge is 2.63. The van der Waals surface area contributed by atoms with E-state index in [1.165, 1.54) is 22.2 Å². The Morgan fingerprint density at radius 3 is 3.04 bits per heavy atom. The first-order valence-corrected chi connectivity index (χ1v) is 8.77. The molecule has 1 unspecified atom stereocenters. The van der Waals surface area contributed by atoms with Gasteiger partial charge in [-0.3, -0.25) is 4.79 Å². The van der Waals surface area contributed by atoms with Crippen LogP contribution in [0.1, 0.15) is 31.0 Å². The van der Waals surface area contributed by atoms with Crippen LogP contribution in [-0.4, -0.2) is 28.9 Å². The van der Waals surface area contributed by atoms with Crippen LogP contribution in [0.3, 0.4) is 0 Å². The van der Waals surface area contributed by atoms with E-state index in [0.29, 0.717) is 36.6 Å². The topological polar surface area (TPSA) is 62.1 Å². The number of carbonyl (C=O) groups is 1. The molecule has 2 aliphatic heterocycles. The van der Waals surface area contributed by atoms with Gasteiger partial charge in [-0.1, -0.05) is 25.1 Å². The van der Waals surface area contributed by atoms with Gasteiger partial charge < -0.3 is 15.6 Å². The van der Waals surface area contributed by atoms with Crippen LogP contribution in [-0.2, 0) is 16.8 Å². The minimum atomic E-state index is -0.132. The number of benzene rings is 1. The maximum Gasteiger partial charge on any atom is 0.223 e. The lowest BCUT2D eigenvalue weighted by Crippen LogP contribution is -2.49. The average molecular weight is 309 g/mol. The van der Waals surface area contributed by atoms with Crippen molar-refractivity contribution in [1.29, 1.82) is 0 Å². The van der Waals surface area contributed by atoms with E-state index in [9.17, 15) is 4.79 Å². The summed E-state index contributed by atoms with van der Waals surface area (Å²) in [6, 6.07) is 8.55. The Kier molecular flexibility index (Phi) is 2.59. The number of nitrogens with two attached hydrogens (primary N) is 1. The normalized spacial score (nSPS) is 35.5. The zero-order valence-corrected chi connectivity index (χ0v) is 13.5. The summed E-state index contributed by atoms with van der Waals surface area (Å²) in [6.07, 6.45) is 2.67. The highest BCUT2D eigenvalue weighted by molar-refractivity contribution is 5.88. The number of carbonyl (C=O) groups excluding carboxylic acids is 1. The molecule has 3 N–H and O–H groups in total. The summed E-state index contributed by atoms with van der Waals surface area (Å²) < 4.78 is 0. The van der Waals surface area contributed by atoms with Crippen LogP contribution in [0.2, 0.25) is 0 Å².